The predicted molar refractivity (Wildman–Crippen MR) is 87.3 cm³/mol. The molecule has 1 aromatic carbocycles. The first-order valence-corrected chi connectivity index (χ1v) is 7.54. The third-order valence-electron chi connectivity index (χ3n) is 3.42. The van der Waals surface area contributed by atoms with Gasteiger partial charge in [0.2, 0.25) is 5.91 Å². The molecule has 0 fully saturated rings. The minimum absolute atomic E-state index is 0.254. The molecule has 2 heterocycles. The molecule has 0 unspecified atom stereocenters. The maximum Gasteiger partial charge on any atom is 0.269 e. The number of nitrogens with zero attached hydrogens (tertiary/aromatic N) is 5. The fraction of sp³-hybridized carbons (Fsp3) is 0.125. The summed E-state index contributed by atoms with van der Waals surface area (Å²) >= 11 is 0. The Morgan fingerprint density at radius 3 is 2.60 bits per heavy atom. The second-order valence-electron chi connectivity index (χ2n) is 5.16. The van der Waals surface area contributed by atoms with Crippen molar-refractivity contribution in [1.82, 2.24) is 36.0 Å². The van der Waals surface area contributed by atoms with E-state index in [0.717, 1.165) is 11.3 Å². The van der Waals surface area contributed by atoms with E-state index in [1.807, 2.05) is 12.1 Å². The second-order valence-corrected chi connectivity index (χ2v) is 5.16. The Kier molecular flexibility index (Phi) is 5.05. The standard InChI is InChI=1S/C16H15N7O2/c24-15(8-3-12-2-1-9-17-10-12)19-20-16(25)13-4-6-14(7-5-13)23-11-18-21-22-23/h1-2,4-7,9-11H,3,8H2,(H,19,24)(H,20,25). The van der Waals surface area contributed by atoms with Crippen LogP contribution in [0.15, 0.2) is 55.1 Å². The monoisotopic (exact) mass is 337 g/mol. The third-order valence-corrected chi connectivity index (χ3v) is 3.42. The lowest BCUT2D eigenvalue weighted by atomic mass is 10.1. The van der Waals surface area contributed by atoms with Gasteiger partial charge in [-0.2, -0.15) is 0 Å². The van der Waals surface area contributed by atoms with E-state index in [-0.39, 0.29) is 12.3 Å². The molecule has 2 N–H and O–H groups in total. The van der Waals surface area contributed by atoms with Crippen molar-refractivity contribution in [1.29, 1.82) is 0 Å². The highest BCUT2D eigenvalue weighted by Crippen LogP contribution is 2.07. The number of hydrogen-bond donors (Lipinski definition) is 2. The molecule has 0 aliphatic carbocycles. The molecular formula is C16H15N7O2. The lowest BCUT2D eigenvalue weighted by molar-refractivity contribution is -0.121. The van der Waals surface area contributed by atoms with E-state index in [1.165, 1.54) is 11.0 Å². The smallest absolute Gasteiger partial charge is 0.269 e. The highest BCUT2D eigenvalue weighted by atomic mass is 16.2. The van der Waals surface area contributed by atoms with Crippen molar-refractivity contribution < 1.29 is 9.59 Å². The van der Waals surface area contributed by atoms with E-state index in [2.05, 4.69) is 31.4 Å². The van der Waals surface area contributed by atoms with E-state index in [1.54, 1.807) is 36.7 Å². The maximum atomic E-state index is 12.0. The number of rotatable bonds is 5. The van der Waals surface area contributed by atoms with Crippen molar-refractivity contribution in [2.24, 2.45) is 0 Å². The summed E-state index contributed by atoms with van der Waals surface area (Å²) in [5, 5.41) is 10.9. The molecule has 9 heteroatoms. The summed E-state index contributed by atoms with van der Waals surface area (Å²) in [6.07, 6.45) is 5.64. The predicted octanol–water partition coefficient (Wildman–Crippen LogP) is 0.451. The fourth-order valence-corrected chi connectivity index (χ4v) is 2.11. The summed E-state index contributed by atoms with van der Waals surface area (Å²) in [5.74, 6) is -0.680. The summed E-state index contributed by atoms with van der Waals surface area (Å²) in [6.45, 7) is 0. The van der Waals surface area contributed by atoms with Gasteiger partial charge in [0.25, 0.3) is 5.91 Å². The molecule has 0 aliphatic heterocycles. The maximum absolute atomic E-state index is 12.0. The van der Waals surface area contributed by atoms with E-state index >= 15 is 0 Å². The topological polar surface area (TPSA) is 115 Å². The molecule has 2 aromatic heterocycles. The van der Waals surface area contributed by atoms with Gasteiger partial charge in [0.1, 0.15) is 6.33 Å². The molecule has 0 radical (unpaired) electrons. The molecule has 0 spiro atoms. The van der Waals surface area contributed by atoms with Crippen LogP contribution in [0.1, 0.15) is 22.3 Å². The van der Waals surface area contributed by atoms with Crippen LogP contribution in [0.3, 0.4) is 0 Å². The molecular weight excluding hydrogens is 322 g/mol. The highest BCUT2D eigenvalue weighted by molar-refractivity contribution is 5.95. The largest absolute Gasteiger partial charge is 0.273 e. The van der Waals surface area contributed by atoms with Crippen molar-refractivity contribution in [3.05, 3.63) is 66.2 Å². The number of carbonyl (C=O) groups is 2. The zero-order valence-corrected chi connectivity index (χ0v) is 13.2. The van der Waals surface area contributed by atoms with Gasteiger partial charge in [-0.1, -0.05) is 6.07 Å². The Bertz CT molecular complexity index is 833. The zero-order chi connectivity index (χ0) is 17.5. The second kappa shape index (κ2) is 7.77. The van der Waals surface area contributed by atoms with E-state index < -0.39 is 5.91 Å². The number of aryl methyl sites for hydroxylation is 1. The normalized spacial score (nSPS) is 10.2. The van der Waals surface area contributed by atoms with Crippen molar-refractivity contribution in [3.8, 4) is 5.69 Å². The molecule has 25 heavy (non-hydrogen) atoms. The number of benzene rings is 1. The molecule has 0 bridgehead atoms. The van der Waals surface area contributed by atoms with Crippen LogP contribution >= 0.6 is 0 Å². The molecule has 3 aromatic rings. The van der Waals surface area contributed by atoms with Crippen molar-refractivity contribution in [3.63, 3.8) is 0 Å². The van der Waals surface area contributed by atoms with Crippen LogP contribution in [-0.2, 0) is 11.2 Å². The van der Waals surface area contributed by atoms with Gasteiger partial charge in [-0.25, -0.2) is 4.68 Å². The van der Waals surface area contributed by atoms with Crippen molar-refractivity contribution in [2.45, 2.75) is 12.8 Å². The van der Waals surface area contributed by atoms with Crippen molar-refractivity contribution >= 4 is 11.8 Å². The fourth-order valence-electron chi connectivity index (χ4n) is 2.11. The van der Waals surface area contributed by atoms with Gasteiger partial charge < -0.3 is 0 Å². The summed E-state index contributed by atoms with van der Waals surface area (Å²) in [4.78, 5) is 27.8. The van der Waals surface area contributed by atoms with Crippen LogP contribution in [0.5, 0.6) is 0 Å². The van der Waals surface area contributed by atoms with Crippen molar-refractivity contribution in [2.75, 3.05) is 0 Å². The first kappa shape index (κ1) is 16.2. The molecule has 0 atom stereocenters. The molecule has 0 saturated carbocycles. The van der Waals surface area contributed by atoms with E-state index in [4.69, 9.17) is 0 Å². The quantitative estimate of drug-likeness (QED) is 0.653. The Morgan fingerprint density at radius 2 is 1.92 bits per heavy atom. The number of tetrazole rings is 1. The third kappa shape index (κ3) is 4.44. The summed E-state index contributed by atoms with van der Waals surface area (Å²) in [5.41, 5.74) is 6.88. The summed E-state index contributed by atoms with van der Waals surface area (Å²) < 4.78 is 1.47. The minimum atomic E-state index is -0.405. The van der Waals surface area contributed by atoms with Crippen LogP contribution in [0.25, 0.3) is 5.69 Å². The Balaban J connectivity index is 1.48. The average molecular weight is 337 g/mol. The SMILES string of the molecule is O=C(CCc1cccnc1)NNC(=O)c1ccc(-n2cnnn2)cc1. The molecule has 3 rings (SSSR count). The molecule has 126 valence electrons. The Hall–Kier alpha value is -3.62. The van der Waals surface area contributed by atoms with Gasteiger partial charge in [-0.3, -0.25) is 25.4 Å². The van der Waals surface area contributed by atoms with Gasteiger partial charge in [-0.15, -0.1) is 5.10 Å². The summed E-state index contributed by atoms with van der Waals surface area (Å²) in [7, 11) is 0. The molecule has 2 amide bonds. The van der Waals surface area contributed by atoms with Gasteiger partial charge in [-0.05, 0) is 52.7 Å². The van der Waals surface area contributed by atoms with E-state index in [9.17, 15) is 9.59 Å². The number of aromatic nitrogens is 5. The number of hydrogen-bond acceptors (Lipinski definition) is 6. The first-order chi connectivity index (χ1) is 12.2. The number of pyridine rings is 1. The lowest BCUT2D eigenvalue weighted by Gasteiger charge is -2.08. The number of hydrazine groups is 1. The molecule has 9 nitrogen and oxygen atoms in total. The van der Waals surface area contributed by atoms with Gasteiger partial charge in [0, 0.05) is 24.4 Å². The first-order valence-electron chi connectivity index (χ1n) is 7.54. The number of carbonyl (C=O) groups excluding carboxylic acids is 2. The minimum Gasteiger partial charge on any atom is -0.273 e. The molecule has 0 aliphatic rings. The number of nitrogens with one attached hydrogen (secondary N) is 2. The zero-order valence-electron chi connectivity index (χ0n) is 13.2. The van der Waals surface area contributed by atoms with Crippen LogP contribution in [0.2, 0.25) is 0 Å². The van der Waals surface area contributed by atoms with Crippen LogP contribution < -0.4 is 10.9 Å². The van der Waals surface area contributed by atoms with Crippen LogP contribution in [0, 0.1) is 0 Å². The van der Waals surface area contributed by atoms with Crippen LogP contribution in [0.4, 0.5) is 0 Å². The average Bonchev–Trinajstić information content (AvgIpc) is 3.20. The number of amides is 2. The Labute approximate surface area is 143 Å². The van der Waals surface area contributed by atoms with Gasteiger partial charge >= 0.3 is 0 Å². The van der Waals surface area contributed by atoms with Crippen LogP contribution in [-0.4, -0.2) is 37.0 Å². The lowest BCUT2D eigenvalue weighted by Crippen LogP contribution is -2.41. The summed E-state index contributed by atoms with van der Waals surface area (Å²) in [6, 6.07) is 10.4. The van der Waals surface area contributed by atoms with Gasteiger partial charge in [0.15, 0.2) is 0 Å². The van der Waals surface area contributed by atoms with E-state index in [0.29, 0.717) is 12.0 Å². The molecule has 0 saturated heterocycles. The Morgan fingerprint density at radius 1 is 1.08 bits per heavy atom. The van der Waals surface area contributed by atoms with Gasteiger partial charge in [0.05, 0.1) is 5.69 Å². The highest BCUT2D eigenvalue weighted by Gasteiger charge is 2.08.